The van der Waals surface area contributed by atoms with Crippen LogP contribution < -0.4 is 0 Å². The molecule has 3 saturated carbocycles. The lowest BCUT2D eigenvalue weighted by atomic mass is 9.74. The van der Waals surface area contributed by atoms with Crippen molar-refractivity contribution in [2.24, 2.45) is 23.2 Å². The van der Waals surface area contributed by atoms with E-state index in [4.69, 9.17) is 0 Å². The maximum atomic E-state index is 11.6. The Balaban J connectivity index is 1.44. The molecule has 0 radical (unpaired) electrons. The van der Waals surface area contributed by atoms with Crippen LogP contribution in [-0.2, 0) is 15.6 Å². The predicted octanol–water partition coefficient (Wildman–Crippen LogP) is 5.69. The third kappa shape index (κ3) is 1.85. The van der Waals surface area contributed by atoms with E-state index in [9.17, 15) is 9.90 Å². The van der Waals surface area contributed by atoms with Crippen molar-refractivity contribution in [2.75, 3.05) is 0 Å². The molecule has 0 amide bonds. The summed E-state index contributed by atoms with van der Waals surface area (Å²) in [7, 11) is 0. The Morgan fingerprint density at radius 3 is 2.37 bits per heavy atom. The fourth-order valence-corrected chi connectivity index (χ4v) is 7.22. The molecule has 1 spiro atoms. The van der Waals surface area contributed by atoms with Crippen molar-refractivity contribution in [3.05, 3.63) is 46.0 Å². The molecule has 2 unspecified atom stereocenters. The van der Waals surface area contributed by atoms with Crippen LogP contribution in [0.5, 0.6) is 0 Å². The molecule has 144 valence electrons. The first-order chi connectivity index (χ1) is 12.7. The van der Waals surface area contributed by atoms with Gasteiger partial charge < -0.3 is 5.11 Å². The summed E-state index contributed by atoms with van der Waals surface area (Å²) in [4.78, 5) is 11.6. The SMILES string of the molecule is CCCCCCC(C)(C)c1cc(C)c([C@]23C=C(C(=O)O)[C@@H]4C5C2[C@@]543)c(C)c1. The number of aryl methyl sites for hydroxylation is 2. The van der Waals surface area contributed by atoms with E-state index < -0.39 is 5.97 Å². The summed E-state index contributed by atoms with van der Waals surface area (Å²) in [5.74, 6) is 1.13. The molecule has 1 N–H and O–H groups in total. The maximum Gasteiger partial charge on any atom is 0.331 e. The van der Waals surface area contributed by atoms with Crippen LogP contribution in [0, 0.1) is 37.0 Å². The van der Waals surface area contributed by atoms with E-state index in [1.165, 1.54) is 54.4 Å². The fourth-order valence-electron chi connectivity index (χ4n) is 7.22. The van der Waals surface area contributed by atoms with Crippen LogP contribution in [0.4, 0.5) is 0 Å². The van der Waals surface area contributed by atoms with Gasteiger partial charge in [0, 0.05) is 16.9 Å². The van der Waals surface area contributed by atoms with Gasteiger partial charge in [-0.1, -0.05) is 64.7 Å². The second-order valence-electron chi connectivity index (χ2n) is 10.4. The molecule has 0 aromatic heterocycles. The average Bonchev–Trinajstić information content (AvgIpc) is 3.51. The molecular weight excluding hydrogens is 332 g/mol. The number of carbonyl (C=O) groups is 1. The molecule has 5 rings (SSSR count). The zero-order valence-corrected chi connectivity index (χ0v) is 17.4. The molecular formula is C25H32O2. The maximum absolute atomic E-state index is 11.6. The van der Waals surface area contributed by atoms with Gasteiger partial charge in [0.05, 0.1) is 0 Å². The van der Waals surface area contributed by atoms with Crippen LogP contribution in [0.2, 0.25) is 0 Å². The molecule has 0 aliphatic heterocycles. The number of fused-ring (bicyclic) bond motifs is 3. The second-order valence-corrected chi connectivity index (χ2v) is 10.4. The minimum Gasteiger partial charge on any atom is -0.478 e. The highest BCUT2D eigenvalue weighted by Gasteiger charge is 3.12. The summed E-state index contributed by atoms with van der Waals surface area (Å²) >= 11 is 0. The van der Waals surface area contributed by atoms with Gasteiger partial charge in [0.1, 0.15) is 0 Å². The van der Waals surface area contributed by atoms with E-state index in [0.29, 0.717) is 22.8 Å². The Labute approximate surface area is 163 Å². The minimum absolute atomic E-state index is 0.0774. The highest BCUT2D eigenvalue weighted by molar-refractivity contribution is 5.96. The second kappa shape index (κ2) is 5.07. The van der Waals surface area contributed by atoms with Gasteiger partial charge in [-0.25, -0.2) is 4.79 Å². The van der Waals surface area contributed by atoms with Crippen LogP contribution in [-0.4, -0.2) is 11.1 Å². The number of hydrogen-bond donors (Lipinski definition) is 1. The van der Waals surface area contributed by atoms with Crippen molar-refractivity contribution in [2.45, 2.75) is 77.6 Å². The van der Waals surface area contributed by atoms with Gasteiger partial charge in [0.2, 0.25) is 0 Å². The van der Waals surface area contributed by atoms with E-state index in [1.807, 2.05) is 0 Å². The lowest BCUT2D eigenvalue weighted by molar-refractivity contribution is -0.133. The molecule has 4 aliphatic carbocycles. The standard InChI is InChI=1S/C25H32O2/c1-6-7-8-9-10-23(4,5)16-11-14(2)18(15(3)12-16)24-13-17(22(26)27)19-20-21(24)25(19,20)24/h11-13,19-21H,6-10H2,1-5H3,(H,26,27)/t19-,20?,21?,24-,25+/m1/s1. The molecule has 3 fully saturated rings. The zero-order chi connectivity index (χ0) is 19.4. The number of benzene rings is 1. The van der Waals surface area contributed by atoms with Crippen LogP contribution in [0.1, 0.15) is 75.1 Å². The van der Waals surface area contributed by atoms with Crippen molar-refractivity contribution in [3.63, 3.8) is 0 Å². The highest BCUT2D eigenvalue weighted by Crippen LogP contribution is 3.12. The van der Waals surface area contributed by atoms with Crippen molar-refractivity contribution < 1.29 is 9.90 Å². The largest absolute Gasteiger partial charge is 0.478 e. The Morgan fingerprint density at radius 2 is 1.81 bits per heavy atom. The topological polar surface area (TPSA) is 37.3 Å². The van der Waals surface area contributed by atoms with Gasteiger partial charge >= 0.3 is 5.97 Å². The summed E-state index contributed by atoms with van der Waals surface area (Å²) in [5, 5.41) is 9.56. The molecule has 0 bridgehead atoms. The van der Waals surface area contributed by atoms with E-state index in [-0.39, 0.29) is 10.8 Å². The van der Waals surface area contributed by atoms with E-state index >= 15 is 0 Å². The van der Waals surface area contributed by atoms with Gasteiger partial charge in [0.15, 0.2) is 0 Å². The Hall–Kier alpha value is -1.57. The molecule has 0 saturated heterocycles. The van der Waals surface area contributed by atoms with Crippen molar-refractivity contribution in [3.8, 4) is 0 Å². The molecule has 2 heteroatoms. The normalized spacial score (nSPS) is 36.8. The van der Waals surface area contributed by atoms with Gasteiger partial charge in [-0.2, -0.15) is 0 Å². The van der Waals surface area contributed by atoms with Crippen LogP contribution >= 0.6 is 0 Å². The Kier molecular flexibility index (Phi) is 3.29. The first kappa shape index (κ1) is 17.5. The van der Waals surface area contributed by atoms with Gasteiger partial charge in [-0.15, -0.1) is 0 Å². The van der Waals surface area contributed by atoms with E-state index in [0.717, 1.165) is 5.92 Å². The number of allylic oxidation sites excluding steroid dienone is 1. The summed E-state index contributed by atoms with van der Waals surface area (Å²) in [6.45, 7) is 11.5. The Morgan fingerprint density at radius 1 is 1.15 bits per heavy atom. The quantitative estimate of drug-likeness (QED) is 0.602. The first-order valence-corrected chi connectivity index (χ1v) is 10.8. The first-order valence-electron chi connectivity index (χ1n) is 10.8. The molecule has 1 aromatic rings. The molecule has 27 heavy (non-hydrogen) atoms. The summed E-state index contributed by atoms with van der Waals surface area (Å²) in [5.41, 5.74) is 6.98. The predicted molar refractivity (Wildman–Crippen MR) is 108 cm³/mol. The van der Waals surface area contributed by atoms with Gasteiger partial charge in [-0.3, -0.25) is 0 Å². The monoisotopic (exact) mass is 364 g/mol. The summed E-state index contributed by atoms with van der Waals surface area (Å²) in [6, 6.07) is 4.81. The summed E-state index contributed by atoms with van der Waals surface area (Å²) < 4.78 is 0. The highest BCUT2D eigenvalue weighted by atomic mass is 16.4. The number of hydrogen-bond acceptors (Lipinski definition) is 1. The average molecular weight is 365 g/mol. The molecule has 5 atom stereocenters. The van der Waals surface area contributed by atoms with Crippen LogP contribution in [0.3, 0.4) is 0 Å². The number of rotatable bonds is 8. The minimum atomic E-state index is -0.688. The van der Waals surface area contributed by atoms with E-state index in [2.05, 4.69) is 52.8 Å². The molecule has 1 aromatic carbocycles. The van der Waals surface area contributed by atoms with Gasteiger partial charge in [-0.05, 0) is 65.2 Å². The number of unbranched alkanes of at least 4 members (excludes halogenated alkanes) is 3. The lowest BCUT2D eigenvalue weighted by Gasteiger charge is -2.30. The van der Waals surface area contributed by atoms with Crippen LogP contribution in [0.15, 0.2) is 23.8 Å². The summed E-state index contributed by atoms with van der Waals surface area (Å²) in [6.07, 6.45) is 8.62. The number of carboxylic acid groups (broad SMARTS) is 1. The molecule has 0 heterocycles. The molecule has 4 aliphatic rings. The zero-order valence-electron chi connectivity index (χ0n) is 17.4. The number of carboxylic acids is 1. The van der Waals surface area contributed by atoms with E-state index in [1.54, 1.807) is 0 Å². The third-order valence-corrected chi connectivity index (χ3v) is 8.55. The van der Waals surface area contributed by atoms with Crippen molar-refractivity contribution in [1.29, 1.82) is 0 Å². The van der Waals surface area contributed by atoms with Crippen LogP contribution in [0.25, 0.3) is 0 Å². The lowest BCUT2D eigenvalue weighted by Crippen LogP contribution is -2.23. The van der Waals surface area contributed by atoms with Crippen molar-refractivity contribution >= 4 is 5.97 Å². The fraction of sp³-hybridized carbons (Fsp3) is 0.640. The third-order valence-electron chi connectivity index (χ3n) is 8.55. The van der Waals surface area contributed by atoms with Crippen molar-refractivity contribution in [1.82, 2.24) is 0 Å². The smallest absolute Gasteiger partial charge is 0.331 e. The number of aliphatic carboxylic acids is 1. The Bertz CT molecular complexity index is 869. The van der Waals surface area contributed by atoms with Gasteiger partial charge in [0.25, 0.3) is 0 Å². The molecule has 2 nitrogen and oxygen atoms in total.